The van der Waals surface area contributed by atoms with Crippen molar-refractivity contribution in [3.8, 4) is 0 Å². The Morgan fingerprint density at radius 2 is 1.21 bits per heavy atom. The van der Waals surface area contributed by atoms with Crippen molar-refractivity contribution >= 4 is 80.4 Å². The number of thioether (sulfide) groups is 2. The molecule has 154 valence electrons. The van der Waals surface area contributed by atoms with Gasteiger partial charge in [-0.3, -0.25) is 29.0 Å². The molecule has 2 rings (SSSR count). The Bertz CT molecular complexity index is 643. The predicted molar refractivity (Wildman–Crippen MR) is 114 cm³/mol. The zero-order valence-corrected chi connectivity index (χ0v) is 18.6. The molecule has 0 radical (unpaired) electrons. The van der Waals surface area contributed by atoms with Crippen LogP contribution in [0.2, 0.25) is 0 Å². The van der Waals surface area contributed by atoms with Gasteiger partial charge in [0.05, 0.1) is 26.1 Å². The SMILES string of the molecule is CCOC(=O)CCN1C(=O)[C@@H]([C@H]2SC(=S)N(CCC(=O)OCC)C2=O)SC1=S. The highest BCUT2D eigenvalue weighted by molar-refractivity contribution is 8.27. The summed E-state index contributed by atoms with van der Waals surface area (Å²) in [5.41, 5.74) is 0. The van der Waals surface area contributed by atoms with Gasteiger partial charge in [-0.15, -0.1) is 0 Å². The fourth-order valence-corrected chi connectivity index (χ4v) is 5.90. The topological polar surface area (TPSA) is 93.2 Å². The van der Waals surface area contributed by atoms with Crippen LogP contribution in [0.5, 0.6) is 0 Å². The van der Waals surface area contributed by atoms with Gasteiger partial charge in [0, 0.05) is 13.1 Å². The van der Waals surface area contributed by atoms with Crippen LogP contribution in [0.1, 0.15) is 26.7 Å². The van der Waals surface area contributed by atoms with Crippen molar-refractivity contribution in [3.63, 3.8) is 0 Å². The lowest BCUT2D eigenvalue weighted by molar-refractivity contribution is -0.145. The molecule has 0 bridgehead atoms. The Balaban J connectivity index is 1.97. The zero-order valence-electron chi connectivity index (χ0n) is 15.4. The molecule has 0 unspecified atom stereocenters. The van der Waals surface area contributed by atoms with E-state index in [1.807, 2.05) is 0 Å². The van der Waals surface area contributed by atoms with Crippen LogP contribution in [0.25, 0.3) is 0 Å². The van der Waals surface area contributed by atoms with Gasteiger partial charge in [0.1, 0.15) is 19.1 Å². The van der Waals surface area contributed by atoms with Crippen LogP contribution in [0.3, 0.4) is 0 Å². The van der Waals surface area contributed by atoms with Crippen molar-refractivity contribution in [1.82, 2.24) is 9.80 Å². The molecule has 0 aromatic carbocycles. The van der Waals surface area contributed by atoms with Crippen molar-refractivity contribution < 1.29 is 28.7 Å². The molecular weight excluding hydrogens is 444 g/mol. The van der Waals surface area contributed by atoms with Gasteiger partial charge in [0.2, 0.25) is 11.8 Å². The Labute approximate surface area is 182 Å². The number of carbonyl (C=O) groups excluding carboxylic acids is 4. The van der Waals surface area contributed by atoms with Crippen LogP contribution in [-0.4, -0.2) is 79.0 Å². The smallest absolute Gasteiger partial charge is 0.307 e. The monoisotopic (exact) mass is 464 g/mol. The van der Waals surface area contributed by atoms with Crippen LogP contribution in [0.15, 0.2) is 0 Å². The molecule has 0 aliphatic carbocycles. The first kappa shape index (κ1) is 23.0. The maximum absolute atomic E-state index is 12.7. The summed E-state index contributed by atoms with van der Waals surface area (Å²) < 4.78 is 10.4. The van der Waals surface area contributed by atoms with Gasteiger partial charge < -0.3 is 9.47 Å². The zero-order chi connectivity index (χ0) is 20.8. The number of carbonyl (C=O) groups is 4. The molecule has 2 aliphatic heterocycles. The summed E-state index contributed by atoms with van der Waals surface area (Å²) in [5, 5.41) is -1.42. The highest BCUT2D eigenvalue weighted by Crippen LogP contribution is 2.40. The van der Waals surface area contributed by atoms with Crippen molar-refractivity contribution in [2.45, 2.75) is 37.2 Å². The second kappa shape index (κ2) is 10.5. The van der Waals surface area contributed by atoms with Crippen LogP contribution < -0.4 is 0 Å². The van der Waals surface area contributed by atoms with Gasteiger partial charge in [0.25, 0.3) is 0 Å². The normalized spacial score (nSPS) is 22.2. The Kier molecular flexibility index (Phi) is 8.65. The summed E-state index contributed by atoms with van der Waals surface area (Å²) >= 11 is 12.7. The molecule has 2 atom stereocenters. The minimum absolute atomic E-state index is 0.0306. The summed E-state index contributed by atoms with van der Waals surface area (Å²) in [5.74, 6) is -1.46. The third-order valence-electron chi connectivity index (χ3n) is 3.88. The fraction of sp³-hybridized carbons (Fsp3) is 0.625. The lowest BCUT2D eigenvalue weighted by atomic mass is 10.2. The lowest BCUT2D eigenvalue weighted by Gasteiger charge is -2.17. The minimum Gasteiger partial charge on any atom is -0.466 e. The summed E-state index contributed by atoms with van der Waals surface area (Å²) in [6.07, 6.45) is 0.0612. The minimum atomic E-state index is -0.710. The number of esters is 2. The molecule has 2 amide bonds. The van der Waals surface area contributed by atoms with Crippen molar-refractivity contribution in [2.75, 3.05) is 26.3 Å². The number of hydrogen-bond donors (Lipinski definition) is 0. The first-order valence-corrected chi connectivity index (χ1v) is 11.2. The van der Waals surface area contributed by atoms with E-state index in [2.05, 4.69) is 0 Å². The van der Waals surface area contributed by atoms with Gasteiger partial charge in [0.15, 0.2) is 0 Å². The quantitative estimate of drug-likeness (QED) is 0.368. The van der Waals surface area contributed by atoms with Gasteiger partial charge >= 0.3 is 11.9 Å². The molecule has 28 heavy (non-hydrogen) atoms. The summed E-state index contributed by atoms with van der Waals surface area (Å²) in [6.45, 7) is 4.16. The van der Waals surface area contributed by atoms with Crippen LogP contribution in [0.4, 0.5) is 0 Å². The maximum Gasteiger partial charge on any atom is 0.307 e. The molecule has 2 aliphatic rings. The summed E-state index contributed by atoms with van der Waals surface area (Å²) in [6, 6.07) is 0. The van der Waals surface area contributed by atoms with E-state index in [1.165, 1.54) is 9.80 Å². The lowest BCUT2D eigenvalue weighted by Crippen LogP contribution is -2.41. The molecule has 0 saturated carbocycles. The van der Waals surface area contributed by atoms with Crippen molar-refractivity contribution in [1.29, 1.82) is 0 Å². The van der Waals surface area contributed by atoms with Crippen LogP contribution in [0, 0.1) is 0 Å². The van der Waals surface area contributed by atoms with E-state index < -0.39 is 22.4 Å². The summed E-state index contributed by atoms with van der Waals surface area (Å²) in [7, 11) is 0. The van der Waals surface area contributed by atoms with Gasteiger partial charge in [-0.1, -0.05) is 48.0 Å². The molecule has 8 nitrogen and oxygen atoms in total. The predicted octanol–water partition coefficient (Wildman–Crippen LogP) is 1.35. The molecule has 12 heteroatoms. The van der Waals surface area contributed by atoms with Crippen molar-refractivity contribution in [2.24, 2.45) is 0 Å². The molecule has 0 N–H and O–H groups in total. The third-order valence-corrected chi connectivity index (χ3v) is 7.37. The second-order valence-electron chi connectivity index (χ2n) is 5.70. The summed E-state index contributed by atoms with van der Waals surface area (Å²) in [4.78, 5) is 51.2. The van der Waals surface area contributed by atoms with Crippen LogP contribution >= 0.6 is 48.0 Å². The molecule has 2 heterocycles. The van der Waals surface area contributed by atoms with Gasteiger partial charge in [-0.25, -0.2) is 0 Å². The van der Waals surface area contributed by atoms with E-state index in [-0.39, 0.29) is 51.0 Å². The van der Waals surface area contributed by atoms with Gasteiger partial charge in [-0.05, 0) is 13.8 Å². The average Bonchev–Trinajstić information content (AvgIpc) is 3.07. The van der Waals surface area contributed by atoms with Gasteiger partial charge in [-0.2, -0.15) is 0 Å². The molecular formula is C16H20N2O6S4. The number of thiocarbonyl (C=S) groups is 2. The maximum atomic E-state index is 12.7. The van der Waals surface area contributed by atoms with E-state index in [0.717, 1.165) is 23.5 Å². The van der Waals surface area contributed by atoms with Crippen LogP contribution in [-0.2, 0) is 28.7 Å². The molecule has 0 spiro atoms. The average molecular weight is 465 g/mol. The molecule has 2 saturated heterocycles. The number of rotatable bonds is 9. The van der Waals surface area contributed by atoms with E-state index >= 15 is 0 Å². The molecule has 0 aromatic rings. The largest absolute Gasteiger partial charge is 0.466 e. The van der Waals surface area contributed by atoms with Crippen molar-refractivity contribution in [3.05, 3.63) is 0 Å². The van der Waals surface area contributed by atoms with E-state index in [0.29, 0.717) is 8.64 Å². The highest BCUT2D eigenvalue weighted by atomic mass is 32.2. The highest BCUT2D eigenvalue weighted by Gasteiger charge is 2.50. The Morgan fingerprint density at radius 3 is 1.54 bits per heavy atom. The van der Waals surface area contributed by atoms with E-state index in [4.69, 9.17) is 33.9 Å². The fourth-order valence-electron chi connectivity index (χ4n) is 2.59. The standard InChI is InChI=1S/C16H20N2O6S4/c1-3-23-9(19)5-7-17-13(21)11(27-15(17)25)12-14(22)18(16(26)28-12)8-6-10(20)24-4-2/h11-12H,3-8H2,1-2H3/t11-,12-/m1/s1. The molecule has 2 fully saturated rings. The number of ether oxygens (including phenoxy) is 2. The number of hydrogen-bond acceptors (Lipinski definition) is 10. The first-order chi connectivity index (χ1) is 13.3. The number of nitrogens with zero attached hydrogens (tertiary/aromatic N) is 2. The second-order valence-corrected chi connectivity index (χ2v) is 9.25. The van der Waals surface area contributed by atoms with E-state index in [1.54, 1.807) is 13.8 Å². The Hall–Kier alpha value is -1.24. The first-order valence-electron chi connectivity index (χ1n) is 8.65. The third kappa shape index (κ3) is 5.43. The van der Waals surface area contributed by atoms with E-state index in [9.17, 15) is 19.2 Å². The molecule has 0 aromatic heterocycles. The number of amides is 2. The Morgan fingerprint density at radius 1 is 0.857 bits per heavy atom.